The zero-order valence-corrected chi connectivity index (χ0v) is 9.14. The Morgan fingerprint density at radius 3 is 2.82 bits per heavy atom. The SMILES string of the molecule is Nc1ccc2c3c(oc(=O)c2c1)C=CCC=C3. The van der Waals surface area contributed by atoms with Crippen LogP contribution in [0.1, 0.15) is 17.7 Å². The Hall–Kier alpha value is -2.29. The van der Waals surface area contributed by atoms with Gasteiger partial charge < -0.3 is 10.2 Å². The molecule has 2 N–H and O–H groups in total. The van der Waals surface area contributed by atoms with E-state index in [-0.39, 0.29) is 5.63 Å². The largest absolute Gasteiger partial charge is 0.422 e. The molecule has 0 radical (unpaired) electrons. The highest BCUT2D eigenvalue weighted by molar-refractivity contribution is 5.93. The predicted octanol–water partition coefficient (Wildman–Crippen LogP) is 2.81. The fourth-order valence-electron chi connectivity index (χ4n) is 2.04. The fourth-order valence-corrected chi connectivity index (χ4v) is 2.04. The summed E-state index contributed by atoms with van der Waals surface area (Å²) in [5.74, 6) is 0.612. The molecule has 0 bridgehead atoms. The Morgan fingerprint density at radius 1 is 1.12 bits per heavy atom. The Balaban J connectivity index is 2.49. The van der Waals surface area contributed by atoms with Gasteiger partial charge in [0.25, 0.3) is 0 Å². The zero-order valence-electron chi connectivity index (χ0n) is 9.14. The third kappa shape index (κ3) is 1.56. The molecule has 0 fully saturated rings. The second kappa shape index (κ2) is 3.63. The summed E-state index contributed by atoms with van der Waals surface area (Å²) in [6.45, 7) is 0. The van der Waals surface area contributed by atoms with E-state index in [0.29, 0.717) is 16.8 Å². The van der Waals surface area contributed by atoms with Crippen LogP contribution in [-0.2, 0) is 0 Å². The van der Waals surface area contributed by atoms with Gasteiger partial charge in [-0.1, -0.05) is 24.3 Å². The van der Waals surface area contributed by atoms with Crippen molar-refractivity contribution in [3.05, 3.63) is 52.1 Å². The maximum absolute atomic E-state index is 11.8. The number of hydrogen-bond acceptors (Lipinski definition) is 3. The first kappa shape index (κ1) is 9.90. The van der Waals surface area contributed by atoms with E-state index in [0.717, 1.165) is 17.4 Å². The smallest absolute Gasteiger partial charge is 0.344 e. The van der Waals surface area contributed by atoms with Gasteiger partial charge in [-0.25, -0.2) is 4.79 Å². The molecule has 3 rings (SSSR count). The van der Waals surface area contributed by atoms with Gasteiger partial charge in [0, 0.05) is 16.6 Å². The Kier molecular flexibility index (Phi) is 2.11. The van der Waals surface area contributed by atoms with E-state index in [2.05, 4.69) is 0 Å². The molecular formula is C14H11NO2. The van der Waals surface area contributed by atoms with Crippen LogP contribution < -0.4 is 11.4 Å². The molecule has 0 amide bonds. The van der Waals surface area contributed by atoms with Crippen LogP contribution in [0.25, 0.3) is 22.9 Å². The second-order valence-corrected chi connectivity index (χ2v) is 4.01. The molecule has 17 heavy (non-hydrogen) atoms. The summed E-state index contributed by atoms with van der Waals surface area (Å²) in [4.78, 5) is 11.8. The number of nitrogen functional groups attached to an aromatic ring is 1. The summed E-state index contributed by atoms with van der Waals surface area (Å²) in [6.07, 6.45) is 8.67. The molecule has 3 nitrogen and oxygen atoms in total. The summed E-state index contributed by atoms with van der Waals surface area (Å²) in [6, 6.07) is 5.32. The molecule has 1 heterocycles. The van der Waals surface area contributed by atoms with Gasteiger partial charge in [0.05, 0.1) is 5.39 Å². The lowest BCUT2D eigenvalue weighted by Crippen LogP contribution is -2.03. The third-order valence-corrected chi connectivity index (χ3v) is 2.85. The van der Waals surface area contributed by atoms with Gasteiger partial charge in [-0.3, -0.25) is 0 Å². The number of fused-ring (bicyclic) bond motifs is 3. The molecule has 2 aromatic rings. The lowest BCUT2D eigenvalue weighted by molar-refractivity contribution is 0.508. The molecule has 0 unspecified atom stereocenters. The number of benzene rings is 1. The predicted molar refractivity (Wildman–Crippen MR) is 69.6 cm³/mol. The van der Waals surface area contributed by atoms with Crippen molar-refractivity contribution in [2.75, 3.05) is 5.73 Å². The van der Waals surface area contributed by atoms with Crippen molar-refractivity contribution in [2.45, 2.75) is 6.42 Å². The summed E-state index contributed by atoms with van der Waals surface area (Å²) < 4.78 is 5.30. The molecule has 0 saturated heterocycles. The number of allylic oxidation sites excluding steroid dienone is 2. The summed E-state index contributed by atoms with van der Waals surface area (Å²) in [5.41, 5.74) is 6.85. The minimum absolute atomic E-state index is 0.342. The second-order valence-electron chi connectivity index (χ2n) is 4.01. The quantitative estimate of drug-likeness (QED) is 0.701. The van der Waals surface area contributed by atoms with Crippen molar-refractivity contribution in [3.63, 3.8) is 0 Å². The van der Waals surface area contributed by atoms with Gasteiger partial charge in [-0.05, 0) is 24.6 Å². The molecule has 1 aliphatic carbocycles. The zero-order chi connectivity index (χ0) is 11.8. The molecule has 1 aliphatic rings. The van der Waals surface area contributed by atoms with Crippen LogP contribution in [0.4, 0.5) is 5.69 Å². The lowest BCUT2D eigenvalue weighted by Gasteiger charge is -2.05. The third-order valence-electron chi connectivity index (χ3n) is 2.85. The highest BCUT2D eigenvalue weighted by Gasteiger charge is 2.11. The normalized spacial score (nSPS) is 13.6. The van der Waals surface area contributed by atoms with E-state index in [1.807, 2.05) is 30.4 Å². The van der Waals surface area contributed by atoms with Crippen molar-refractivity contribution in [1.29, 1.82) is 0 Å². The maximum atomic E-state index is 11.8. The fraction of sp³-hybridized carbons (Fsp3) is 0.0714. The molecule has 84 valence electrons. The summed E-state index contributed by atoms with van der Waals surface area (Å²) >= 11 is 0. The Labute approximate surface area is 97.9 Å². The van der Waals surface area contributed by atoms with Crippen LogP contribution in [0, 0.1) is 0 Å². The first-order valence-electron chi connectivity index (χ1n) is 5.45. The van der Waals surface area contributed by atoms with Crippen LogP contribution in [0.2, 0.25) is 0 Å². The van der Waals surface area contributed by atoms with Crippen LogP contribution in [0.15, 0.2) is 39.6 Å². The van der Waals surface area contributed by atoms with Crippen LogP contribution in [0.5, 0.6) is 0 Å². The van der Waals surface area contributed by atoms with Crippen molar-refractivity contribution >= 4 is 28.6 Å². The van der Waals surface area contributed by atoms with Crippen molar-refractivity contribution in [1.82, 2.24) is 0 Å². The Morgan fingerprint density at radius 2 is 1.94 bits per heavy atom. The van der Waals surface area contributed by atoms with Crippen LogP contribution in [-0.4, -0.2) is 0 Å². The van der Waals surface area contributed by atoms with Crippen LogP contribution in [0.3, 0.4) is 0 Å². The van der Waals surface area contributed by atoms with Gasteiger partial charge in [-0.2, -0.15) is 0 Å². The van der Waals surface area contributed by atoms with Gasteiger partial charge in [0.2, 0.25) is 0 Å². The number of nitrogens with two attached hydrogens (primary N) is 1. The van der Waals surface area contributed by atoms with Gasteiger partial charge in [0.15, 0.2) is 0 Å². The van der Waals surface area contributed by atoms with E-state index in [9.17, 15) is 4.79 Å². The van der Waals surface area contributed by atoms with Crippen molar-refractivity contribution < 1.29 is 4.42 Å². The number of anilines is 1. The molecule has 0 spiro atoms. The first-order chi connectivity index (χ1) is 8.25. The Bertz CT molecular complexity index is 708. The molecule has 3 heteroatoms. The van der Waals surface area contributed by atoms with E-state index in [4.69, 9.17) is 10.2 Å². The van der Waals surface area contributed by atoms with Gasteiger partial charge >= 0.3 is 5.63 Å². The average molecular weight is 225 g/mol. The molecule has 1 aromatic heterocycles. The lowest BCUT2D eigenvalue weighted by atomic mass is 10.0. The molecular weight excluding hydrogens is 214 g/mol. The molecule has 0 aliphatic heterocycles. The summed E-state index contributed by atoms with van der Waals surface area (Å²) in [7, 11) is 0. The maximum Gasteiger partial charge on any atom is 0.344 e. The monoisotopic (exact) mass is 225 g/mol. The first-order valence-corrected chi connectivity index (χ1v) is 5.45. The highest BCUT2D eigenvalue weighted by Crippen LogP contribution is 2.25. The van der Waals surface area contributed by atoms with Crippen molar-refractivity contribution in [2.24, 2.45) is 0 Å². The molecule has 0 atom stereocenters. The molecule has 1 aromatic carbocycles. The highest BCUT2D eigenvalue weighted by atomic mass is 16.4. The van der Waals surface area contributed by atoms with E-state index in [1.54, 1.807) is 12.1 Å². The van der Waals surface area contributed by atoms with Crippen LogP contribution >= 0.6 is 0 Å². The number of hydrogen-bond donors (Lipinski definition) is 1. The average Bonchev–Trinajstić information content (AvgIpc) is 2.54. The minimum Gasteiger partial charge on any atom is -0.422 e. The minimum atomic E-state index is -0.342. The van der Waals surface area contributed by atoms with Crippen molar-refractivity contribution in [3.8, 4) is 0 Å². The molecule has 0 saturated carbocycles. The summed E-state index contributed by atoms with van der Waals surface area (Å²) in [5, 5.41) is 1.41. The van der Waals surface area contributed by atoms with E-state index in [1.165, 1.54) is 0 Å². The van der Waals surface area contributed by atoms with Gasteiger partial charge in [-0.15, -0.1) is 0 Å². The van der Waals surface area contributed by atoms with E-state index >= 15 is 0 Å². The van der Waals surface area contributed by atoms with E-state index < -0.39 is 0 Å². The number of rotatable bonds is 0. The van der Waals surface area contributed by atoms with Gasteiger partial charge in [0.1, 0.15) is 5.76 Å². The topological polar surface area (TPSA) is 56.2 Å². The standard InChI is InChI=1S/C14H11NO2/c15-9-6-7-10-11-4-2-1-3-5-13(11)17-14(16)12(10)8-9/h2-8H,1,15H2.